The first-order chi connectivity index (χ1) is 8.29. The summed E-state index contributed by atoms with van der Waals surface area (Å²) in [5.74, 6) is 1.26. The molecule has 2 unspecified atom stereocenters. The second-order valence-electron chi connectivity index (χ2n) is 4.74. The Kier molecular flexibility index (Phi) is 4.92. The zero-order valence-corrected chi connectivity index (χ0v) is 11.7. The Morgan fingerprint density at radius 2 is 2.41 bits per heavy atom. The topological polar surface area (TPSA) is 29.9 Å². The first-order valence-corrected chi connectivity index (χ1v) is 7.66. The van der Waals surface area contributed by atoms with Crippen molar-refractivity contribution in [1.29, 1.82) is 0 Å². The van der Waals surface area contributed by atoms with Crippen LogP contribution in [0.5, 0.6) is 0 Å². The largest absolute Gasteiger partial charge is 0.314 e. The lowest BCUT2D eigenvalue weighted by molar-refractivity contribution is 0.521. The number of nitrogens with zero attached hydrogens (tertiary/aromatic N) is 2. The molecular formula is C13H23N3S. The van der Waals surface area contributed by atoms with Crippen LogP contribution in [0.15, 0.2) is 12.3 Å². The molecule has 1 aromatic rings. The highest BCUT2D eigenvalue weighted by atomic mass is 32.2. The van der Waals surface area contributed by atoms with Gasteiger partial charge in [-0.2, -0.15) is 16.9 Å². The number of rotatable bonds is 6. The molecule has 1 saturated carbocycles. The Morgan fingerprint density at radius 1 is 1.53 bits per heavy atom. The zero-order chi connectivity index (χ0) is 12.1. The minimum absolute atomic E-state index is 0.743. The molecule has 1 N–H and O–H groups in total. The zero-order valence-electron chi connectivity index (χ0n) is 10.9. The first-order valence-electron chi connectivity index (χ1n) is 6.61. The lowest BCUT2D eigenvalue weighted by Gasteiger charge is -2.12. The smallest absolute Gasteiger partial charge is 0.0492 e. The molecular weight excluding hydrogens is 230 g/mol. The summed E-state index contributed by atoms with van der Waals surface area (Å²) in [6.45, 7) is 3.33. The SMILES string of the molecule is CCSC1CCC(NCCc2ccnn2C)C1. The highest BCUT2D eigenvalue weighted by molar-refractivity contribution is 7.99. The van der Waals surface area contributed by atoms with Crippen LogP contribution in [0.4, 0.5) is 0 Å². The van der Waals surface area contributed by atoms with E-state index < -0.39 is 0 Å². The molecule has 1 aliphatic carbocycles. The van der Waals surface area contributed by atoms with Gasteiger partial charge in [-0.1, -0.05) is 6.92 Å². The molecule has 0 spiro atoms. The van der Waals surface area contributed by atoms with E-state index in [9.17, 15) is 0 Å². The van der Waals surface area contributed by atoms with Crippen molar-refractivity contribution in [2.24, 2.45) is 7.05 Å². The third kappa shape index (κ3) is 3.75. The maximum absolute atomic E-state index is 4.19. The Labute approximate surface area is 108 Å². The molecule has 0 aliphatic heterocycles. The summed E-state index contributed by atoms with van der Waals surface area (Å²) in [5, 5.41) is 8.77. The molecule has 2 rings (SSSR count). The Bertz CT molecular complexity index is 337. The highest BCUT2D eigenvalue weighted by Crippen LogP contribution is 2.29. The van der Waals surface area contributed by atoms with Crippen molar-refractivity contribution >= 4 is 11.8 Å². The van der Waals surface area contributed by atoms with Crippen LogP contribution < -0.4 is 5.32 Å². The van der Waals surface area contributed by atoms with Crippen molar-refractivity contribution in [1.82, 2.24) is 15.1 Å². The van der Waals surface area contributed by atoms with Crippen LogP contribution in [0, 0.1) is 0 Å². The minimum Gasteiger partial charge on any atom is -0.314 e. The number of aryl methyl sites for hydroxylation is 1. The van der Waals surface area contributed by atoms with E-state index in [1.807, 2.05) is 17.9 Å². The molecule has 0 aromatic carbocycles. The number of hydrogen-bond acceptors (Lipinski definition) is 3. The molecule has 1 fully saturated rings. The molecule has 2 atom stereocenters. The minimum atomic E-state index is 0.743. The van der Waals surface area contributed by atoms with E-state index in [0.29, 0.717) is 0 Å². The van der Waals surface area contributed by atoms with E-state index >= 15 is 0 Å². The Morgan fingerprint density at radius 3 is 3.12 bits per heavy atom. The fraction of sp³-hybridized carbons (Fsp3) is 0.769. The predicted molar refractivity (Wildman–Crippen MR) is 74.5 cm³/mol. The van der Waals surface area contributed by atoms with Gasteiger partial charge in [0.15, 0.2) is 0 Å². The Balaban J connectivity index is 1.65. The van der Waals surface area contributed by atoms with Gasteiger partial charge < -0.3 is 5.32 Å². The van der Waals surface area contributed by atoms with Gasteiger partial charge in [-0.05, 0) is 31.1 Å². The molecule has 1 aliphatic rings. The molecule has 1 aromatic heterocycles. The lowest BCUT2D eigenvalue weighted by atomic mass is 10.2. The molecule has 4 heteroatoms. The van der Waals surface area contributed by atoms with Crippen LogP contribution in [0.3, 0.4) is 0 Å². The summed E-state index contributed by atoms with van der Waals surface area (Å²) in [5.41, 5.74) is 1.31. The summed E-state index contributed by atoms with van der Waals surface area (Å²) in [4.78, 5) is 0. The van der Waals surface area contributed by atoms with E-state index in [-0.39, 0.29) is 0 Å². The van der Waals surface area contributed by atoms with Crippen LogP contribution in [0.2, 0.25) is 0 Å². The van der Waals surface area contributed by atoms with Crippen LogP contribution in [0.25, 0.3) is 0 Å². The summed E-state index contributed by atoms with van der Waals surface area (Å²) in [6.07, 6.45) is 7.05. The van der Waals surface area contributed by atoms with Crippen molar-refractivity contribution in [3.63, 3.8) is 0 Å². The summed E-state index contributed by atoms with van der Waals surface area (Å²) in [6, 6.07) is 2.85. The van der Waals surface area contributed by atoms with Crippen molar-refractivity contribution in [2.75, 3.05) is 12.3 Å². The second-order valence-corrected chi connectivity index (χ2v) is 6.31. The third-order valence-corrected chi connectivity index (χ3v) is 4.76. The summed E-state index contributed by atoms with van der Waals surface area (Å²) < 4.78 is 1.96. The number of aromatic nitrogens is 2. The van der Waals surface area contributed by atoms with Crippen molar-refractivity contribution in [2.45, 2.75) is 43.9 Å². The number of nitrogens with one attached hydrogen (secondary N) is 1. The maximum atomic E-state index is 4.19. The van der Waals surface area contributed by atoms with Gasteiger partial charge in [0, 0.05) is 43.2 Å². The lowest BCUT2D eigenvalue weighted by Crippen LogP contribution is -2.29. The average molecular weight is 253 g/mol. The van der Waals surface area contributed by atoms with Gasteiger partial charge in [0.05, 0.1) is 0 Å². The van der Waals surface area contributed by atoms with Crippen LogP contribution >= 0.6 is 11.8 Å². The molecule has 0 saturated heterocycles. The van der Waals surface area contributed by atoms with Crippen LogP contribution in [-0.4, -0.2) is 33.4 Å². The first kappa shape index (κ1) is 13.0. The molecule has 0 amide bonds. The van der Waals surface area contributed by atoms with Gasteiger partial charge in [0.2, 0.25) is 0 Å². The van der Waals surface area contributed by atoms with E-state index in [0.717, 1.165) is 24.3 Å². The van der Waals surface area contributed by atoms with E-state index in [4.69, 9.17) is 0 Å². The van der Waals surface area contributed by atoms with Gasteiger partial charge in [-0.25, -0.2) is 0 Å². The standard InChI is InChI=1S/C13H23N3S/c1-3-17-13-5-4-11(10-13)14-8-6-12-7-9-15-16(12)2/h7,9,11,13-14H,3-6,8,10H2,1-2H3. The molecule has 17 heavy (non-hydrogen) atoms. The van der Waals surface area contributed by atoms with Crippen molar-refractivity contribution < 1.29 is 0 Å². The fourth-order valence-corrected chi connectivity index (χ4v) is 3.71. The number of hydrogen-bond donors (Lipinski definition) is 1. The van der Waals surface area contributed by atoms with Crippen molar-refractivity contribution in [3.8, 4) is 0 Å². The maximum Gasteiger partial charge on any atom is 0.0492 e. The number of thioether (sulfide) groups is 1. The van der Waals surface area contributed by atoms with Gasteiger partial charge in [-0.15, -0.1) is 0 Å². The fourth-order valence-electron chi connectivity index (χ4n) is 2.56. The summed E-state index contributed by atoms with van der Waals surface area (Å²) in [7, 11) is 2.01. The predicted octanol–water partition coefficient (Wildman–Crippen LogP) is 2.23. The molecule has 0 bridgehead atoms. The van der Waals surface area contributed by atoms with Crippen LogP contribution in [0.1, 0.15) is 31.9 Å². The van der Waals surface area contributed by atoms with Gasteiger partial charge in [-0.3, -0.25) is 4.68 Å². The van der Waals surface area contributed by atoms with Gasteiger partial charge in [0.1, 0.15) is 0 Å². The van der Waals surface area contributed by atoms with Crippen molar-refractivity contribution in [3.05, 3.63) is 18.0 Å². The average Bonchev–Trinajstić information content (AvgIpc) is 2.90. The molecule has 3 nitrogen and oxygen atoms in total. The molecule has 1 heterocycles. The van der Waals surface area contributed by atoms with Gasteiger partial charge in [0.25, 0.3) is 0 Å². The third-order valence-electron chi connectivity index (χ3n) is 3.52. The van der Waals surface area contributed by atoms with E-state index in [2.05, 4.69) is 35.2 Å². The monoisotopic (exact) mass is 253 g/mol. The van der Waals surface area contributed by atoms with Crippen LogP contribution in [-0.2, 0) is 13.5 Å². The molecule has 0 radical (unpaired) electrons. The summed E-state index contributed by atoms with van der Waals surface area (Å²) >= 11 is 2.12. The quantitative estimate of drug-likeness (QED) is 0.843. The normalized spacial score (nSPS) is 24.4. The van der Waals surface area contributed by atoms with E-state index in [1.54, 1.807) is 0 Å². The molecule has 96 valence electrons. The Hall–Kier alpha value is -0.480. The van der Waals surface area contributed by atoms with Gasteiger partial charge >= 0.3 is 0 Å². The highest BCUT2D eigenvalue weighted by Gasteiger charge is 2.23. The second kappa shape index (κ2) is 6.45. The van der Waals surface area contributed by atoms with E-state index in [1.165, 1.54) is 30.7 Å².